The summed E-state index contributed by atoms with van der Waals surface area (Å²) in [5.41, 5.74) is 5.04. The first kappa shape index (κ1) is 22.8. The van der Waals surface area contributed by atoms with Gasteiger partial charge in [-0.05, 0) is 55.8 Å². The van der Waals surface area contributed by atoms with Crippen LogP contribution in [0.3, 0.4) is 0 Å². The van der Waals surface area contributed by atoms with Crippen LogP contribution in [0, 0.1) is 11.6 Å². The number of rotatable bonds is 7. The molecule has 0 aliphatic rings. The first-order valence-corrected chi connectivity index (χ1v) is 10.2. The van der Waals surface area contributed by atoms with E-state index < -0.39 is 23.4 Å². The van der Waals surface area contributed by atoms with Crippen molar-refractivity contribution in [2.24, 2.45) is 5.73 Å². The number of thiazole rings is 1. The van der Waals surface area contributed by atoms with Crippen LogP contribution in [-0.4, -0.2) is 17.4 Å². The Kier molecular flexibility index (Phi) is 7.01. The Morgan fingerprint density at radius 2 is 1.77 bits per heavy atom. The van der Waals surface area contributed by atoms with Crippen LogP contribution in [0.2, 0.25) is 0 Å². The summed E-state index contributed by atoms with van der Waals surface area (Å²) in [5, 5.41) is 1.66. The van der Waals surface area contributed by atoms with E-state index in [1.165, 1.54) is 28.5 Å². The number of carbonyl (C=O) groups is 1. The highest BCUT2D eigenvalue weighted by molar-refractivity contribution is 7.14. The summed E-state index contributed by atoms with van der Waals surface area (Å²) in [7, 11) is 0. The summed E-state index contributed by atoms with van der Waals surface area (Å²) in [4.78, 5) is 18.3. The van der Waals surface area contributed by atoms with Crippen molar-refractivity contribution < 1.29 is 26.7 Å². The number of unbranched alkanes of at least 4 members (excludes halogenated alkanes) is 1. The van der Waals surface area contributed by atoms with Gasteiger partial charge in [0.2, 0.25) is 5.91 Å². The second-order valence-corrected chi connectivity index (χ2v) is 7.50. The fraction of sp³-hybridized carbons (Fsp3) is 0.238. The van der Waals surface area contributed by atoms with Gasteiger partial charge in [-0.3, -0.25) is 9.69 Å². The lowest BCUT2D eigenvalue weighted by molar-refractivity contribution is -0.137. The molecule has 0 saturated heterocycles. The maximum absolute atomic E-state index is 14.1. The van der Waals surface area contributed by atoms with Crippen LogP contribution in [0.4, 0.5) is 32.8 Å². The predicted molar refractivity (Wildman–Crippen MR) is 109 cm³/mol. The van der Waals surface area contributed by atoms with Crippen LogP contribution < -0.4 is 10.6 Å². The SMILES string of the molecule is NCCCCC(=O)N(c1ccc(C(F)(F)F)cc1)c1nc(-c2ccc(F)cc2F)cs1. The zero-order valence-electron chi connectivity index (χ0n) is 16.1. The summed E-state index contributed by atoms with van der Waals surface area (Å²) >= 11 is 1.02. The summed E-state index contributed by atoms with van der Waals surface area (Å²) in [6.07, 6.45) is -3.30. The first-order valence-electron chi connectivity index (χ1n) is 9.32. The summed E-state index contributed by atoms with van der Waals surface area (Å²) in [5.74, 6) is -1.93. The highest BCUT2D eigenvalue weighted by Gasteiger charge is 2.31. The van der Waals surface area contributed by atoms with Gasteiger partial charge in [0.1, 0.15) is 11.6 Å². The third-order valence-electron chi connectivity index (χ3n) is 4.44. The number of hydrogen-bond acceptors (Lipinski definition) is 4. The highest BCUT2D eigenvalue weighted by atomic mass is 32.1. The van der Waals surface area contributed by atoms with Crippen LogP contribution >= 0.6 is 11.3 Å². The van der Waals surface area contributed by atoms with E-state index in [0.29, 0.717) is 19.4 Å². The van der Waals surface area contributed by atoms with Crippen molar-refractivity contribution in [3.05, 3.63) is 65.0 Å². The molecule has 2 N–H and O–H groups in total. The van der Waals surface area contributed by atoms with Gasteiger partial charge in [0.15, 0.2) is 5.13 Å². The third-order valence-corrected chi connectivity index (χ3v) is 5.26. The molecular weight excluding hydrogens is 437 g/mol. The van der Waals surface area contributed by atoms with Gasteiger partial charge in [0.05, 0.1) is 16.9 Å². The molecule has 31 heavy (non-hydrogen) atoms. The van der Waals surface area contributed by atoms with E-state index in [1.54, 1.807) is 0 Å². The van der Waals surface area contributed by atoms with Crippen molar-refractivity contribution in [1.82, 2.24) is 4.98 Å². The molecule has 164 valence electrons. The molecule has 3 aromatic rings. The minimum absolute atomic E-state index is 0.0480. The molecule has 3 rings (SSSR count). The Balaban J connectivity index is 1.97. The van der Waals surface area contributed by atoms with Crippen LogP contribution in [0.25, 0.3) is 11.3 Å². The van der Waals surface area contributed by atoms with Crippen molar-refractivity contribution in [2.75, 3.05) is 11.4 Å². The zero-order chi connectivity index (χ0) is 22.6. The maximum Gasteiger partial charge on any atom is 0.416 e. The van der Waals surface area contributed by atoms with Crippen molar-refractivity contribution in [3.8, 4) is 11.3 Å². The van der Waals surface area contributed by atoms with Crippen LogP contribution in [0.5, 0.6) is 0 Å². The summed E-state index contributed by atoms with van der Waals surface area (Å²) in [6.45, 7) is 0.402. The van der Waals surface area contributed by atoms with E-state index in [4.69, 9.17) is 5.73 Å². The molecule has 0 atom stereocenters. The average Bonchev–Trinajstić information content (AvgIpc) is 3.17. The maximum atomic E-state index is 14.1. The number of halogens is 5. The van der Waals surface area contributed by atoms with Gasteiger partial charge >= 0.3 is 6.18 Å². The Hall–Kier alpha value is -2.85. The number of amides is 1. The number of nitrogens with two attached hydrogens (primary N) is 1. The number of anilines is 2. The largest absolute Gasteiger partial charge is 0.416 e. The zero-order valence-corrected chi connectivity index (χ0v) is 16.9. The van der Waals surface area contributed by atoms with E-state index in [9.17, 15) is 26.7 Å². The molecule has 0 aliphatic heterocycles. The number of alkyl halides is 3. The minimum Gasteiger partial charge on any atom is -0.330 e. The summed E-state index contributed by atoms with van der Waals surface area (Å²) in [6, 6.07) is 7.16. The Bertz CT molecular complexity index is 1050. The number of nitrogens with zero attached hydrogens (tertiary/aromatic N) is 2. The molecule has 4 nitrogen and oxygen atoms in total. The van der Waals surface area contributed by atoms with E-state index in [2.05, 4.69) is 4.98 Å². The molecule has 0 radical (unpaired) electrons. The second kappa shape index (κ2) is 9.52. The molecule has 0 aliphatic carbocycles. The van der Waals surface area contributed by atoms with E-state index in [1.807, 2.05) is 0 Å². The first-order chi connectivity index (χ1) is 14.7. The molecule has 0 saturated carbocycles. The van der Waals surface area contributed by atoms with Gasteiger partial charge in [-0.15, -0.1) is 11.3 Å². The lowest BCUT2D eigenvalue weighted by atomic mass is 10.1. The quantitative estimate of drug-likeness (QED) is 0.356. The average molecular weight is 455 g/mol. The fourth-order valence-electron chi connectivity index (χ4n) is 2.88. The summed E-state index contributed by atoms with van der Waals surface area (Å²) < 4.78 is 66.0. The molecule has 10 heteroatoms. The van der Waals surface area contributed by atoms with Gasteiger partial charge in [-0.1, -0.05) is 0 Å². The number of aromatic nitrogens is 1. The van der Waals surface area contributed by atoms with Gasteiger partial charge in [0, 0.05) is 23.4 Å². The normalized spacial score (nSPS) is 11.5. The molecule has 1 amide bonds. The molecule has 1 heterocycles. The second-order valence-electron chi connectivity index (χ2n) is 6.66. The van der Waals surface area contributed by atoms with E-state index >= 15 is 0 Å². The molecule has 0 unspecified atom stereocenters. The van der Waals surface area contributed by atoms with Gasteiger partial charge in [0.25, 0.3) is 0 Å². The molecule has 2 aromatic carbocycles. The van der Waals surface area contributed by atoms with Crippen LogP contribution in [0.1, 0.15) is 24.8 Å². The Morgan fingerprint density at radius 3 is 2.39 bits per heavy atom. The monoisotopic (exact) mass is 455 g/mol. The van der Waals surface area contributed by atoms with Crippen LogP contribution in [-0.2, 0) is 11.0 Å². The molecule has 1 aromatic heterocycles. The van der Waals surface area contributed by atoms with E-state index in [0.717, 1.165) is 35.6 Å². The molecular formula is C21H18F5N3OS. The predicted octanol–water partition coefficient (Wildman–Crippen LogP) is 5.90. The van der Waals surface area contributed by atoms with Crippen molar-refractivity contribution in [2.45, 2.75) is 25.4 Å². The van der Waals surface area contributed by atoms with E-state index in [-0.39, 0.29) is 34.4 Å². The van der Waals surface area contributed by atoms with Crippen molar-refractivity contribution in [1.29, 1.82) is 0 Å². The third kappa shape index (κ3) is 5.45. The minimum atomic E-state index is -4.51. The lowest BCUT2D eigenvalue weighted by Gasteiger charge is -2.20. The Morgan fingerprint density at radius 1 is 1.06 bits per heavy atom. The molecule has 0 spiro atoms. The number of carbonyl (C=O) groups excluding carboxylic acids is 1. The van der Waals surface area contributed by atoms with Crippen molar-refractivity contribution >= 4 is 28.1 Å². The molecule has 0 fully saturated rings. The fourth-order valence-corrected chi connectivity index (χ4v) is 3.74. The molecule has 0 bridgehead atoms. The van der Waals surface area contributed by atoms with Crippen molar-refractivity contribution in [3.63, 3.8) is 0 Å². The topological polar surface area (TPSA) is 59.2 Å². The highest BCUT2D eigenvalue weighted by Crippen LogP contribution is 2.36. The lowest BCUT2D eigenvalue weighted by Crippen LogP contribution is -2.26. The van der Waals surface area contributed by atoms with Crippen LogP contribution in [0.15, 0.2) is 47.8 Å². The number of hydrogen-bond donors (Lipinski definition) is 1. The van der Waals surface area contributed by atoms with Gasteiger partial charge in [-0.25, -0.2) is 13.8 Å². The number of benzene rings is 2. The standard InChI is InChI=1S/C21H18F5N3OS/c22-14-6-9-16(17(23)11-14)18-12-31-20(28-18)29(19(30)3-1-2-10-27)15-7-4-13(5-8-15)21(24,25)26/h4-9,11-12H,1-3,10,27H2. The van der Waals surface area contributed by atoms with Gasteiger partial charge < -0.3 is 5.73 Å². The Labute approximate surface area is 179 Å². The smallest absolute Gasteiger partial charge is 0.330 e. The van der Waals surface area contributed by atoms with Gasteiger partial charge in [-0.2, -0.15) is 13.2 Å².